The number of carbonyl (C=O) groups excluding carboxylic acids is 2. The number of rotatable bonds is 4. The Morgan fingerprint density at radius 2 is 1.04 bits per heavy atom. The van der Waals surface area contributed by atoms with Crippen LogP contribution in [0.3, 0.4) is 0 Å². The molecule has 2 unspecified atom stereocenters. The molecule has 1 saturated heterocycles. The Bertz CT molecular complexity index is 795. The highest BCUT2D eigenvalue weighted by Gasteiger charge is 2.33. The first-order valence-electron chi connectivity index (χ1n) is 7.96. The summed E-state index contributed by atoms with van der Waals surface area (Å²) in [6.45, 7) is 0. The van der Waals surface area contributed by atoms with Gasteiger partial charge in [-0.3, -0.25) is 9.59 Å². The zero-order valence-electron chi connectivity index (χ0n) is 13.6. The van der Waals surface area contributed by atoms with Crippen LogP contribution in [0.1, 0.15) is 11.1 Å². The average Bonchev–Trinajstić information content (AvgIpc) is 2.59. The van der Waals surface area contributed by atoms with Gasteiger partial charge in [0.2, 0.25) is 11.8 Å². The number of carbonyl (C=O) groups is 2. The van der Waals surface area contributed by atoms with Crippen molar-refractivity contribution in [1.82, 2.24) is 10.6 Å². The highest BCUT2D eigenvalue weighted by atomic mass is 16.3. The van der Waals surface area contributed by atoms with E-state index < -0.39 is 12.1 Å². The summed E-state index contributed by atoms with van der Waals surface area (Å²) >= 11 is 0. The van der Waals surface area contributed by atoms with E-state index in [4.69, 9.17) is 0 Å². The lowest BCUT2D eigenvalue weighted by molar-refractivity contribution is -0.136. The number of piperazine rings is 1. The minimum absolute atomic E-state index is 0.165. The van der Waals surface area contributed by atoms with Crippen molar-refractivity contribution >= 4 is 11.8 Å². The maximum Gasteiger partial charge on any atom is 0.243 e. The summed E-state index contributed by atoms with van der Waals surface area (Å²) in [5.74, 6) is -1.85. The summed E-state index contributed by atoms with van der Waals surface area (Å²) in [5, 5.41) is 43.0. The lowest BCUT2D eigenvalue weighted by atomic mass is 9.98. The number of phenols is 4. The molecule has 1 heterocycles. The predicted molar refractivity (Wildman–Crippen MR) is 90.8 cm³/mol. The van der Waals surface area contributed by atoms with Gasteiger partial charge in [-0.15, -0.1) is 0 Å². The molecule has 0 saturated carbocycles. The molecule has 0 aromatic heterocycles. The summed E-state index contributed by atoms with van der Waals surface area (Å²) in [7, 11) is 0. The molecule has 26 heavy (non-hydrogen) atoms. The molecule has 1 fully saturated rings. The predicted octanol–water partition coefficient (Wildman–Crippen LogP) is 0.277. The number of nitrogens with one attached hydrogen (secondary N) is 2. The maximum atomic E-state index is 12.3. The first-order chi connectivity index (χ1) is 12.3. The fraction of sp³-hybridized carbons (Fsp3) is 0.222. The van der Waals surface area contributed by atoms with Gasteiger partial charge in [0.15, 0.2) is 23.0 Å². The van der Waals surface area contributed by atoms with E-state index in [1.54, 1.807) is 12.1 Å². The minimum atomic E-state index is -0.795. The molecule has 8 heteroatoms. The summed E-state index contributed by atoms with van der Waals surface area (Å²) < 4.78 is 0. The van der Waals surface area contributed by atoms with Crippen LogP contribution in [0.2, 0.25) is 0 Å². The highest BCUT2D eigenvalue weighted by molar-refractivity contribution is 5.97. The Morgan fingerprint density at radius 1 is 0.654 bits per heavy atom. The Labute approximate surface area is 148 Å². The van der Waals surface area contributed by atoms with Crippen molar-refractivity contribution in [1.29, 1.82) is 0 Å². The van der Waals surface area contributed by atoms with E-state index >= 15 is 0 Å². The molecular formula is C18H18N2O6. The summed E-state index contributed by atoms with van der Waals surface area (Å²) in [6.07, 6.45) is 0.330. The fourth-order valence-corrected chi connectivity index (χ4v) is 2.83. The van der Waals surface area contributed by atoms with E-state index in [-0.39, 0.29) is 47.7 Å². The van der Waals surface area contributed by atoms with Crippen LogP contribution in [0, 0.1) is 0 Å². The second-order valence-electron chi connectivity index (χ2n) is 6.18. The molecule has 2 aromatic rings. The van der Waals surface area contributed by atoms with Crippen LogP contribution >= 0.6 is 0 Å². The van der Waals surface area contributed by atoms with Crippen LogP contribution in [-0.4, -0.2) is 44.3 Å². The van der Waals surface area contributed by atoms with Crippen molar-refractivity contribution in [2.75, 3.05) is 0 Å². The molecule has 3 rings (SSSR count). The normalized spacial score (nSPS) is 19.7. The molecule has 0 bridgehead atoms. The van der Waals surface area contributed by atoms with E-state index in [2.05, 4.69) is 10.6 Å². The largest absolute Gasteiger partial charge is 0.504 e. The Morgan fingerprint density at radius 3 is 1.38 bits per heavy atom. The summed E-state index contributed by atoms with van der Waals surface area (Å²) in [6, 6.07) is 6.81. The lowest BCUT2D eigenvalue weighted by Crippen LogP contribution is -2.62. The molecule has 2 aromatic carbocycles. The van der Waals surface area contributed by atoms with Gasteiger partial charge >= 0.3 is 0 Å². The van der Waals surface area contributed by atoms with Crippen molar-refractivity contribution < 1.29 is 30.0 Å². The lowest BCUT2D eigenvalue weighted by Gasteiger charge is -2.29. The number of phenolic OH excluding ortho intramolecular Hbond substituents is 4. The number of benzene rings is 2. The van der Waals surface area contributed by atoms with E-state index in [0.29, 0.717) is 11.1 Å². The second kappa shape index (κ2) is 6.83. The molecule has 6 N–H and O–H groups in total. The summed E-state index contributed by atoms with van der Waals surface area (Å²) in [4.78, 5) is 24.6. The standard InChI is InChI=1S/C18H18N2O6/c21-13-3-1-9(7-15(13)23)5-11-17(25)20-12(18(26)19-11)6-10-2-4-14(22)16(24)8-10/h1-4,7-8,11-12,21-24H,5-6H2,(H,19,26)(H,20,25). The van der Waals surface area contributed by atoms with Crippen LogP contribution in [0.15, 0.2) is 36.4 Å². The first-order valence-corrected chi connectivity index (χ1v) is 7.96. The van der Waals surface area contributed by atoms with Crippen molar-refractivity contribution in [2.24, 2.45) is 0 Å². The van der Waals surface area contributed by atoms with Gasteiger partial charge in [-0.25, -0.2) is 0 Å². The monoisotopic (exact) mass is 358 g/mol. The van der Waals surface area contributed by atoms with Gasteiger partial charge in [-0.1, -0.05) is 12.1 Å². The zero-order valence-corrected chi connectivity index (χ0v) is 13.6. The second-order valence-corrected chi connectivity index (χ2v) is 6.18. The van der Waals surface area contributed by atoms with Gasteiger partial charge in [-0.05, 0) is 35.4 Å². The molecule has 2 atom stereocenters. The molecule has 0 aliphatic carbocycles. The van der Waals surface area contributed by atoms with Gasteiger partial charge in [0.25, 0.3) is 0 Å². The first kappa shape index (κ1) is 17.4. The number of hydrogen-bond acceptors (Lipinski definition) is 6. The number of amides is 2. The minimum Gasteiger partial charge on any atom is -0.504 e. The molecule has 0 spiro atoms. The van der Waals surface area contributed by atoms with Crippen molar-refractivity contribution in [2.45, 2.75) is 24.9 Å². The highest BCUT2D eigenvalue weighted by Crippen LogP contribution is 2.27. The Balaban J connectivity index is 1.66. The maximum absolute atomic E-state index is 12.3. The van der Waals surface area contributed by atoms with Crippen LogP contribution in [0.25, 0.3) is 0 Å². The van der Waals surface area contributed by atoms with Gasteiger partial charge in [0, 0.05) is 12.8 Å². The third kappa shape index (κ3) is 3.64. The van der Waals surface area contributed by atoms with E-state index in [1.807, 2.05) is 0 Å². The fourth-order valence-electron chi connectivity index (χ4n) is 2.83. The molecule has 1 aliphatic heterocycles. The van der Waals surface area contributed by atoms with E-state index in [1.165, 1.54) is 24.3 Å². The molecule has 0 radical (unpaired) electrons. The van der Waals surface area contributed by atoms with Crippen LogP contribution < -0.4 is 10.6 Å². The van der Waals surface area contributed by atoms with E-state index in [0.717, 1.165) is 0 Å². The molecular weight excluding hydrogens is 340 g/mol. The third-order valence-corrected chi connectivity index (χ3v) is 4.23. The van der Waals surface area contributed by atoms with Gasteiger partial charge in [-0.2, -0.15) is 0 Å². The summed E-state index contributed by atoms with van der Waals surface area (Å²) in [5.41, 5.74) is 1.17. The van der Waals surface area contributed by atoms with Crippen LogP contribution in [-0.2, 0) is 22.4 Å². The van der Waals surface area contributed by atoms with Gasteiger partial charge in [0.05, 0.1) is 0 Å². The van der Waals surface area contributed by atoms with Gasteiger partial charge in [0.1, 0.15) is 12.1 Å². The molecule has 2 amide bonds. The zero-order chi connectivity index (χ0) is 18.8. The van der Waals surface area contributed by atoms with Crippen molar-refractivity contribution in [3.05, 3.63) is 47.5 Å². The molecule has 136 valence electrons. The van der Waals surface area contributed by atoms with Crippen LogP contribution in [0.5, 0.6) is 23.0 Å². The smallest absolute Gasteiger partial charge is 0.243 e. The third-order valence-electron chi connectivity index (χ3n) is 4.23. The van der Waals surface area contributed by atoms with Crippen molar-refractivity contribution in [3.63, 3.8) is 0 Å². The van der Waals surface area contributed by atoms with Crippen molar-refractivity contribution in [3.8, 4) is 23.0 Å². The van der Waals surface area contributed by atoms with E-state index in [9.17, 15) is 30.0 Å². The Hall–Kier alpha value is -3.42. The Kier molecular flexibility index (Phi) is 4.57. The van der Waals surface area contributed by atoms with Crippen LogP contribution in [0.4, 0.5) is 0 Å². The number of aromatic hydroxyl groups is 4. The number of hydrogen-bond donors (Lipinski definition) is 6. The molecule has 1 aliphatic rings. The van der Waals surface area contributed by atoms with Gasteiger partial charge < -0.3 is 31.1 Å². The topological polar surface area (TPSA) is 139 Å². The average molecular weight is 358 g/mol. The molecule has 8 nitrogen and oxygen atoms in total. The quantitative estimate of drug-likeness (QED) is 0.434. The SMILES string of the molecule is O=C1NC(Cc2ccc(O)c(O)c2)C(=O)NC1Cc1ccc(O)c(O)c1.